The van der Waals surface area contributed by atoms with Crippen LogP contribution in [0.3, 0.4) is 0 Å². The lowest BCUT2D eigenvalue weighted by molar-refractivity contribution is -0.890. The van der Waals surface area contributed by atoms with E-state index in [0.29, 0.717) is 17.9 Å². The van der Waals surface area contributed by atoms with Crippen molar-refractivity contribution in [3.05, 3.63) is 59.4 Å². The molecule has 2 aromatic carbocycles. The molecule has 3 aromatic rings. The Labute approximate surface area is 165 Å². The number of nitrogens with one attached hydrogen (secondary N) is 2. The molecule has 0 saturated heterocycles. The second-order valence-corrected chi connectivity index (χ2v) is 7.03. The van der Waals surface area contributed by atoms with Crippen molar-refractivity contribution >= 4 is 16.9 Å². The number of amides is 1. The summed E-state index contributed by atoms with van der Waals surface area (Å²) < 4.78 is 16.4. The Kier molecular flexibility index (Phi) is 5.90. The molecule has 0 bridgehead atoms. The molecule has 0 spiro atoms. The average molecular weight is 383 g/mol. The Morgan fingerprint density at radius 2 is 1.82 bits per heavy atom. The molecule has 1 aromatic heterocycles. The van der Waals surface area contributed by atoms with Crippen LogP contribution in [0.15, 0.2) is 46.9 Å². The summed E-state index contributed by atoms with van der Waals surface area (Å²) in [5, 5.41) is 3.90. The number of ether oxygens (including phenoxy) is 2. The van der Waals surface area contributed by atoms with E-state index in [-0.39, 0.29) is 11.9 Å². The standard InChI is InChI=1S/C22H26N2O4/c1-14-18-12-17(27-5)9-10-20(18)28-21(14)22(25)23-13-19(24(2)3)15-7-6-8-16(11-15)26-4/h6-12,19H,13H2,1-5H3,(H,23,25)/p+1/t19-/m0/s1. The van der Waals surface area contributed by atoms with Crippen LogP contribution in [0.1, 0.15) is 27.7 Å². The number of methoxy groups -OCH3 is 2. The largest absolute Gasteiger partial charge is 0.497 e. The first-order valence-corrected chi connectivity index (χ1v) is 9.24. The number of hydrogen-bond acceptors (Lipinski definition) is 4. The van der Waals surface area contributed by atoms with Crippen LogP contribution in [0.2, 0.25) is 0 Å². The average Bonchev–Trinajstić information content (AvgIpc) is 3.04. The van der Waals surface area contributed by atoms with Gasteiger partial charge in [-0.3, -0.25) is 4.79 Å². The zero-order chi connectivity index (χ0) is 20.3. The van der Waals surface area contributed by atoms with E-state index in [1.165, 1.54) is 4.90 Å². The Bertz CT molecular complexity index is 978. The molecule has 0 aliphatic rings. The minimum atomic E-state index is -0.221. The molecule has 6 nitrogen and oxygen atoms in total. The SMILES string of the molecule is COc1cccc([C@H](CNC(=O)c2oc3ccc(OC)cc3c2C)[NH+](C)C)c1. The third kappa shape index (κ3) is 3.97. The maximum atomic E-state index is 12.8. The molecule has 1 amide bonds. The van der Waals surface area contributed by atoms with Gasteiger partial charge in [0.25, 0.3) is 5.91 Å². The van der Waals surface area contributed by atoms with Crippen LogP contribution >= 0.6 is 0 Å². The van der Waals surface area contributed by atoms with Crippen LogP contribution in [-0.4, -0.2) is 40.8 Å². The predicted molar refractivity (Wildman–Crippen MR) is 108 cm³/mol. The van der Waals surface area contributed by atoms with Crippen molar-refractivity contribution in [2.45, 2.75) is 13.0 Å². The topological polar surface area (TPSA) is 65.1 Å². The Morgan fingerprint density at radius 1 is 1.11 bits per heavy atom. The summed E-state index contributed by atoms with van der Waals surface area (Å²) in [6.45, 7) is 2.37. The third-order valence-corrected chi connectivity index (χ3v) is 5.01. The van der Waals surface area contributed by atoms with Crippen molar-refractivity contribution in [3.63, 3.8) is 0 Å². The summed E-state index contributed by atoms with van der Waals surface area (Å²) >= 11 is 0. The predicted octanol–water partition coefficient (Wildman–Crippen LogP) is 2.37. The number of quaternary nitrogens is 1. The maximum absolute atomic E-state index is 12.8. The van der Waals surface area contributed by atoms with Crippen molar-refractivity contribution in [1.29, 1.82) is 0 Å². The van der Waals surface area contributed by atoms with Gasteiger partial charge >= 0.3 is 0 Å². The van der Waals surface area contributed by atoms with Crippen LogP contribution in [-0.2, 0) is 0 Å². The van der Waals surface area contributed by atoms with E-state index in [2.05, 4.69) is 19.4 Å². The van der Waals surface area contributed by atoms with Gasteiger partial charge in [-0.15, -0.1) is 0 Å². The van der Waals surface area contributed by atoms with Gasteiger partial charge in [-0.1, -0.05) is 12.1 Å². The molecule has 0 saturated carbocycles. The van der Waals surface area contributed by atoms with Gasteiger partial charge in [-0.2, -0.15) is 0 Å². The first-order chi connectivity index (χ1) is 13.4. The first-order valence-electron chi connectivity index (χ1n) is 9.24. The third-order valence-electron chi connectivity index (χ3n) is 5.01. The van der Waals surface area contributed by atoms with E-state index < -0.39 is 0 Å². The number of hydrogen-bond donors (Lipinski definition) is 2. The number of likely N-dealkylation sites (N-methyl/N-ethyl adjacent to an activating group) is 1. The maximum Gasteiger partial charge on any atom is 0.287 e. The van der Waals surface area contributed by atoms with Crippen LogP contribution in [0.5, 0.6) is 11.5 Å². The molecule has 2 N–H and O–H groups in total. The zero-order valence-corrected chi connectivity index (χ0v) is 17.0. The Balaban J connectivity index is 1.79. The van der Waals surface area contributed by atoms with Gasteiger partial charge in [0.05, 0.1) is 34.9 Å². The molecule has 6 heteroatoms. The molecular formula is C22H27N2O4+. The molecular weight excluding hydrogens is 356 g/mol. The summed E-state index contributed by atoms with van der Waals surface area (Å²) in [7, 11) is 7.40. The summed E-state index contributed by atoms with van der Waals surface area (Å²) in [4.78, 5) is 14.0. The number of carbonyl (C=O) groups is 1. The summed E-state index contributed by atoms with van der Waals surface area (Å²) in [6, 6.07) is 13.5. The second-order valence-electron chi connectivity index (χ2n) is 7.03. The molecule has 3 rings (SSSR count). The second kappa shape index (κ2) is 8.35. The highest BCUT2D eigenvalue weighted by atomic mass is 16.5. The van der Waals surface area contributed by atoms with Gasteiger partial charge in [0.2, 0.25) is 0 Å². The van der Waals surface area contributed by atoms with E-state index in [1.807, 2.05) is 49.4 Å². The van der Waals surface area contributed by atoms with Crippen LogP contribution in [0, 0.1) is 6.92 Å². The highest BCUT2D eigenvalue weighted by molar-refractivity contribution is 5.99. The van der Waals surface area contributed by atoms with Gasteiger partial charge in [-0.05, 0) is 37.3 Å². The van der Waals surface area contributed by atoms with Crippen molar-refractivity contribution in [3.8, 4) is 11.5 Å². The van der Waals surface area contributed by atoms with Crippen LogP contribution in [0.25, 0.3) is 11.0 Å². The number of carbonyl (C=O) groups excluding carboxylic acids is 1. The van der Waals surface area contributed by atoms with E-state index in [9.17, 15) is 4.79 Å². The summed E-state index contributed by atoms with van der Waals surface area (Å²) in [5.74, 6) is 1.65. The molecule has 28 heavy (non-hydrogen) atoms. The first kappa shape index (κ1) is 19.8. The van der Waals surface area contributed by atoms with Crippen molar-refractivity contribution in [2.24, 2.45) is 0 Å². The lowest BCUT2D eigenvalue weighted by Crippen LogP contribution is -3.07. The van der Waals surface area contributed by atoms with Crippen LogP contribution < -0.4 is 19.7 Å². The van der Waals surface area contributed by atoms with Gasteiger partial charge in [0.1, 0.15) is 23.1 Å². The molecule has 0 aliphatic heterocycles. The highest BCUT2D eigenvalue weighted by Crippen LogP contribution is 2.28. The van der Waals surface area contributed by atoms with Gasteiger partial charge in [-0.25, -0.2) is 0 Å². The summed E-state index contributed by atoms with van der Waals surface area (Å²) in [6.07, 6.45) is 0. The number of aryl methyl sites for hydroxylation is 1. The minimum Gasteiger partial charge on any atom is -0.497 e. The normalized spacial score (nSPS) is 12.2. The molecule has 1 heterocycles. The van der Waals surface area contributed by atoms with Crippen molar-refractivity contribution < 1.29 is 23.6 Å². The molecule has 148 valence electrons. The molecule has 0 fully saturated rings. The van der Waals surface area contributed by atoms with Gasteiger partial charge in [0.15, 0.2) is 5.76 Å². The monoisotopic (exact) mass is 383 g/mol. The van der Waals surface area contributed by atoms with Gasteiger partial charge < -0.3 is 24.1 Å². The fraction of sp³-hybridized carbons (Fsp3) is 0.318. The van der Waals surface area contributed by atoms with E-state index in [0.717, 1.165) is 28.0 Å². The highest BCUT2D eigenvalue weighted by Gasteiger charge is 2.23. The van der Waals surface area contributed by atoms with E-state index >= 15 is 0 Å². The number of benzene rings is 2. The van der Waals surface area contributed by atoms with Crippen molar-refractivity contribution in [2.75, 3.05) is 34.9 Å². The quantitative estimate of drug-likeness (QED) is 0.658. The van der Waals surface area contributed by atoms with Crippen molar-refractivity contribution in [1.82, 2.24) is 5.32 Å². The molecule has 0 radical (unpaired) electrons. The molecule has 0 aliphatic carbocycles. The van der Waals surface area contributed by atoms with Gasteiger partial charge in [0, 0.05) is 16.5 Å². The van der Waals surface area contributed by atoms with Crippen LogP contribution in [0.4, 0.5) is 0 Å². The molecule has 1 atom stereocenters. The number of furan rings is 1. The van der Waals surface area contributed by atoms with E-state index in [4.69, 9.17) is 13.9 Å². The number of rotatable bonds is 7. The fourth-order valence-electron chi connectivity index (χ4n) is 3.33. The molecule has 0 unspecified atom stereocenters. The fourth-order valence-corrected chi connectivity index (χ4v) is 3.33. The zero-order valence-electron chi connectivity index (χ0n) is 17.0. The lowest BCUT2D eigenvalue weighted by Gasteiger charge is -2.22. The lowest BCUT2D eigenvalue weighted by atomic mass is 10.1. The Hall–Kier alpha value is -2.99. The van der Waals surface area contributed by atoms with E-state index in [1.54, 1.807) is 14.2 Å². The summed E-state index contributed by atoms with van der Waals surface area (Å²) in [5.41, 5.74) is 2.58. The minimum absolute atomic E-state index is 0.0869. The smallest absolute Gasteiger partial charge is 0.287 e. The number of fused-ring (bicyclic) bond motifs is 1. The Morgan fingerprint density at radius 3 is 2.50 bits per heavy atom.